The molecular weight excluding hydrogens is 294 g/mol. The van der Waals surface area contributed by atoms with E-state index >= 15 is 0 Å². The summed E-state index contributed by atoms with van der Waals surface area (Å²) in [4.78, 5) is 22.0. The maximum Gasteiger partial charge on any atom is 0.311 e. The van der Waals surface area contributed by atoms with E-state index in [1.165, 1.54) is 18.2 Å². The SMILES string of the molecule is O=C(O)C(Cc1ccccc1)c1c(Cl)cccc1[N+](=O)[O-]. The molecule has 6 heteroatoms. The van der Waals surface area contributed by atoms with Crippen LogP contribution in [0.2, 0.25) is 5.02 Å². The Kier molecular flexibility index (Phi) is 4.55. The molecule has 0 spiro atoms. The standard InChI is InChI=1S/C15H12ClNO4/c16-12-7-4-8-13(17(20)21)14(12)11(15(18)19)9-10-5-2-1-3-6-10/h1-8,11H,9H2,(H,18,19). The Morgan fingerprint density at radius 2 is 1.86 bits per heavy atom. The number of hydrogen-bond acceptors (Lipinski definition) is 3. The molecule has 0 radical (unpaired) electrons. The Bertz CT molecular complexity index is 673. The van der Waals surface area contributed by atoms with E-state index in [-0.39, 0.29) is 22.7 Å². The maximum atomic E-state index is 11.6. The minimum absolute atomic E-state index is 0.0421. The summed E-state index contributed by atoms with van der Waals surface area (Å²) >= 11 is 6.01. The molecule has 1 atom stereocenters. The van der Waals surface area contributed by atoms with Crippen LogP contribution in [0.4, 0.5) is 5.69 Å². The van der Waals surface area contributed by atoms with E-state index in [9.17, 15) is 20.0 Å². The smallest absolute Gasteiger partial charge is 0.311 e. The van der Waals surface area contributed by atoms with Gasteiger partial charge >= 0.3 is 5.97 Å². The zero-order valence-corrected chi connectivity index (χ0v) is 11.7. The Morgan fingerprint density at radius 1 is 1.19 bits per heavy atom. The van der Waals surface area contributed by atoms with Gasteiger partial charge in [0.25, 0.3) is 5.69 Å². The van der Waals surface area contributed by atoms with Gasteiger partial charge in [-0.05, 0) is 18.1 Å². The molecule has 2 aromatic carbocycles. The van der Waals surface area contributed by atoms with Crippen LogP contribution in [0.15, 0.2) is 48.5 Å². The fourth-order valence-corrected chi connectivity index (χ4v) is 2.49. The summed E-state index contributed by atoms with van der Waals surface area (Å²) in [5.41, 5.74) is 0.547. The van der Waals surface area contributed by atoms with E-state index in [1.807, 2.05) is 6.07 Å². The van der Waals surface area contributed by atoms with Crippen molar-refractivity contribution in [2.45, 2.75) is 12.3 Å². The summed E-state index contributed by atoms with van der Waals surface area (Å²) in [5.74, 6) is -2.21. The third-order valence-electron chi connectivity index (χ3n) is 3.16. The molecule has 0 bridgehead atoms. The van der Waals surface area contributed by atoms with Crippen LogP contribution in [-0.4, -0.2) is 16.0 Å². The number of benzene rings is 2. The molecule has 1 unspecified atom stereocenters. The molecule has 2 rings (SSSR count). The van der Waals surface area contributed by atoms with Crippen molar-refractivity contribution >= 4 is 23.3 Å². The van der Waals surface area contributed by atoms with E-state index < -0.39 is 16.8 Å². The molecule has 21 heavy (non-hydrogen) atoms. The normalized spacial score (nSPS) is 11.9. The highest BCUT2D eigenvalue weighted by Crippen LogP contribution is 2.35. The van der Waals surface area contributed by atoms with Crippen LogP contribution < -0.4 is 0 Å². The molecule has 0 aromatic heterocycles. The molecule has 0 saturated heterocycles. The molecule has 0 heterocycles. The Morgan fingerprint density at radius 3 is 2.43 bits per heavy atom. The monoisotopic (exact) mass is 305 g/mol. The first kappa shape index (κ1) is 15.0. The lowest BCUT2D eigenvalue weighted by Crippen LogP contribution is -2.16. The van der Waals surface area contributed by atoms with Crippen LogP contribution in [0, 0.1) is 10.1 Å². The van der Waals surface area contributed by atoms with Crippen LogP contribution in [-0.2, 0) is 11.2 Å². The van der Waals surface area contributed by atoms with Gasteiger partial charge in [0.2, 0.25) is 0 Å². The summed E-state index contributed by atoms with van der Waals surface area (Å²) in [6.07, 6.45) is 0.140. The molecule has 0 fully saturated rings. The molecule has 2 aromatic rings. The number of nitro benzene ring substituents is 1. The van der Waals surface area contributed by atoms with Gasteiger partial charge in [0.05, 0.1) is 21.4 Å². The van der Waals surface area contributed by atoms with Gasteiger partial charge in [0, 0.05) is 6.07 Å². The van der Waals surface area contributed by atoms with Gasteiger partial charge in [-0.1, -0.05) is 48.0 Å². The highest BCUT2D eigenvalue weighted by molar-refractivity contribution is 6.32. The average molecular weight is 306 g/mol. The first-order chi connectivity index (χ1) is 10.0. The first-order valence-electron chi connectivity index (χ1n) is 6.20. The number of carbonyl (C=O) groups is 1. The predicted octanol–water partition coefficient (Wildman–Crippen LogP) is 3.66. The molecule has 1 N–H and O–H groups in total. The summed E-state index contributed by atoms with van der Waals surface area (Å²) in [6, 6.07) is 13.1. The van der Waals surface area contributed by atoms with E-state index in [0.717, 1.165) is 5.56 Å². The fraction of sp³-hybridized carbons (Fsp3) is 0.133. The van der Waals surface area contributed by atoms with Crippen molar-refractivity contribution in [2.24, 2.45) is 0 Å². The van der Waals surface area contributed by atoms with Crippen LogP contribution in [0.5, 0.6) is 0 Å². The van der Waals surface area contributed by atoms with E-state index in [4.69, 9.17) is 11.6 Å². The lowest BCUT2D eigenvalue weighted by Gasteiger charge is -2.14. The van der Waals surface area contributed by atoms with Crippen molar-refractivity contribution in [3.05, 3.63) is 74.8 Å². The van der Waals surface area contributed by atoms with Crippen LogP contribution in [0.1, 0.15) is 17.0 Å². The lowest BCUT2D eigenvalue weighted by atomic mass is 9.91. The molecule has 5 nitrogen and oxygen atoms in total. The number of carboxylic acid groups (broad SMARTS) is 1. The van der Waals surface area contributed by atoms with Gasteiger partial charge in [0.1, 0.15) is 0 Å². The van der Waals surface area contributed by atoms with Crippen LogP contribution in [0.25, 0.3) is 0 Å². The Hall–Kier alpha value is -2.40. The molecular formula is C15H12ClNO4. The maximum absolute atomic E-state index is 11.6. The van der Waals surface area contributed by atoms with Gasteiger partial charge in [-0.15, -0.1) is 0 Å². The number of carboxylic acids is 1. The molecule has 0 amide bonds. The second kappa shape index (κ2) is 6.37. The summed E-state index contributed by atoms with van der Waals surface area (Å²) in [7, 11) is 0. The summed E-state index contributed by atoms with van der Waals surface area (Å²) in [5, 5.41) is 20.6. The van der Waals surface area contributed by atoms with Crippen molar-refractivity contribution in [3.63, 3.8) is 0 Å². The quantitative estimate of drug-likeness (QED) is 0.675. The zero-order chi connectivity index (χ0) is 15.4. The minimum Gasteiger partial charge on any atom is -0.481 e. The van der Waals surface area contributed by atoms with Gasteiger partial charge in [-0.3, -0.25) is 14.9 Å². The second-order valence-electron chi connectivity index (χ2n) is 4.51. The zero-order valence-electron chi connectivity index (χ0n) is 10.9. The topological polar surface area (TPSA) is 80.4 Å². The van der Waals surface area contributed by atoms with Crippen molar-refractivity contribution < 1.29 is 14.8 Å². The largest absolute Gasteiger partial charge is 0.481 e. The first-order valence-corrected chi connectivity index (χ1v) is 6.58. The molecule has 0 saturated carbocycles. The highest BCUT2D eigenvalue weighted by Gasteiger charge is 2.30. The van der Waals surface area contributed by atoms with E-state index in [0.29, 0.717) is 0 Å². The highest BCUT2D eigenvalue weighted by atomic mass is 35.5. The van der Waals surface area contributed by atoms with Crippen molar-refractivity contribution in [2.75, 3.05) is 0 Å². The molecule has 0 aliphatic rings. The average Bonchev–Trinajstić information content (AvgIpc) is 2.45. The van der Waals surface area contributed by atoms with Gasteiger partial charge in [0.15, 0.2) is 0 Å². The summed E-state index contributed by atoms with van der Waals surface area (Å²) < 4.78 is 0. The third-order valence-corrected chi connectivity index (χ3v) is 3.49. The summed E-state index contributed by atoms with van der Waals surface area (Å²) in [6.45, 7) is 0. The number of hydrogen-bond donors (Lipinski definition) is 1. The fourth-order valence-electron chi connectivity index (χ4n) is 2.19. The Labute approximate surface area is 125 Å². The number of aliphatic carboxylic acids is 1. The van der Waals surface area contributed by atoms with Crippen molar-refractivity contribution in [3.8, 4) is 0 Å². The van der Waals surface area contributed by atoms with E-state index in [1.54, 1.807) is 24.3 Å². The molecule has 108 valence electrons. The second-order valence-corrected chi connectivity index (χ2v) is 4.92. The number of nitrogens with zero attached hydrogens (tertiary/aromatic N) is 1. The van der Waals surface area contributed by atoms with Crippen molar-refractivity contribution in [1.82, 2.24) is 0 Å². The lowest BCUT2D eigenvalue weighted by molar-refractivity contribution is -0.385. The van der Waals surface area contributed by atoms with Crippen LogP contribution in [0.3, 0.4) is 0 Å². The number of rotatable bonds is 5. The Balaban J connectivity index is 2.49. The van der Waals surface area contributed by atoms with Crippen LogP contribution >= 0.6 is 11.6 Å². The van der Waals surface area contributed by atoms with Gasteiger partial charge < -0.3 is 5.11 Å². The van der Waals surface area contributed by atoms with Gasteiger partial charge in [-0.25, -0.2) is 0 Å². The van der Waals surface area contributed by atoms with Gasteiger partial charge in [-0.2, -0.15) is 0 Å². The number of halogens is 1. The van der Waals surface area contributed by atoms with E-state index in [2.05, 4.69) is 0 Å². The van der Waals surface area contributed by atoms with Crippen molar-refractivity contribution in [1.29, 1.82) is 0 Å². The minimum atomic E-state index is -1.14. The predicted molar refractivity (Wildman–Crippen MR) is 78.6 cm³/mol. The number of nitro groups is 1. The third kappa shape index (κ3) is 3.38. The molecule has 0 aliphatic carbocycles. The molecule has 0 aliphatic heterocycles.